The first-order valence-corrected chi connectivity index (χ1v) is 6.81. The zero-order chi connectivity index (χ0) is 13.9. The first-order chi connectivity index (χ1) is 9.75. The molecule has 0 N–H and O–H groups in total. The van der Waals surface area contributed by atoms with Crippen LogP contribution in [0.4, 0.5) is 11.6 Å². The van der Waals surface area contributed by atoms with Gasteiger partial charge in [0.1, 0.15) is 11.6 Å². The minimum Gasteiger partial charge on any atom is -0.352 e. The average molecular weight is 270 g/mol. The number of aromatic nitrogens is 4. The van der Waals surface area contributed by atoms with Crippen molar-refractivity contribution >= 4 is 11.6 Å². The lowest BCUT2D eigenvalue weighted by molar-refractivity contribution is 0.636. The van der Waals surface area contributed by atoms with Gasteiger partial charge in [-0.2, -0.15) is 0 Å². The molecule has 1 aliphatic heterocycles. The van der Waals surface area contributed by atoms with Gasteiger partial charge in [-0.1, -0.05) is 0 Å². The van der Waals surface area contributed by atoms with Crippen LogP contribution in [0.25, 0.3) is 0 Å². The lowest BCUT2D eigenvalue weighted by Crippen LogP contribution is -2.47. The van der Waals surface area contributed by atoms with Crippen molar-refractivity contribution in [2.45, 2.75) is 13.8 Å². The highest BCUT2D eigenvalue weighted by atomic mass is 15.3. The maximum atomic E-state index is 4.43. The third-order valence-electron chi connectivity index (χ3n) is 3.59. The molecule has 3 rings (SSSR count). The number of rotatable bonds is 2. The van der Waals surface area contributed by atoms with Crippen molar-refractivity contribution in [2.75, 3.05) is 36.0 Å². The molecule has 104 valence electrons. The molecule has 20 heavy (non-hydrogen) atoms. The molecular formula is C14H18N6. The van der Waals surface area contributed by atoms with Gasteiger partial charge in [-0.3, -0.25) is 9.97 Å². The van der Waals surface area contributed by atoms with Crippen LogP contribution in [0.1, 0.15) is 11.4 Å². The lowest BCUT2D eigenvalue weighted by atomic mass is 10.2. The van der Waals surface area contributed by atoms with Crippen LogP contribution < -0.4 is 9.80 Å². The maximum absolute atomic E-state index is 4.43. The second-order valence-electron chi connectivity index (χ2n) is 4.90. The Morgan fingerprint density at radius 3 is 1.35 bits per heavy atom. The number of hydrogen-bond donors (Lipinski definition) is 0. The number of aryl methyl sites for hydroxylation is 2. The topological polar surface area (TPSA) is 58.0 Å². The van der Waals surface area contributed by atoms with Crippen LogP contribution in [0.3, 0.4) is 0 Å². The van der Waals surface area contributed by atoms with Gasteiger partial charge >= 0.3 is 0 Å². The Kier molecular flexibility index (Phi) is 3.45. The second kappa shape index (κ2) is 5.40. The fourth-order valence-corrected chi connectivity index (χ4v) is 2.55. The molecule has 0 unspecified atom stereocenters. The van der Waals surface area contributed by atoms with Crippen molar-refractivity contribution in [3.8, 4) is 0 Å². The van der Waals surface area contributed by atoms with Gasteiger partial charge in [0.15, 0.2) is 0 Å². The highest BCUT2D eigenvalue weighted by Crippen LogP contribution is 2.20. The average Bonchev–Trinajstić information content (AvgIpc) is 2.49. The van der Waals surface area contributed by atoms with Crippen LogP contribution in [0, 0.1) is 13.8 Å². The van der Waals surface area contributed by atoms with Crippen molar-refractivity contribution in [2.24, 2.45) is 0 Å². The summed E-state index contributed by atoms with van der Waals surface area (Å²) in [6.45, 7) is 7.71. The van der Waals surface area contributed by atoms with E-state index in [1.54, 1.807) is 24.8 Å². The summed E-state index contributed by atoms with van der Waals surface area (Å²) < 4.78 is 0. The van der Waals surface area contributed by atoms with E-state index >= 15 is 0 Å². The van der Waals surface area contributed by atoms with Crippen molar-refractivity contribution < 1.29 is 0 Å². The molecule has 0 amide bonds. The van der Waals surface area contributed by atoms with E-state index in [2.05, 4.69) is 29.7 Å². The summed E-state index contributed by atoms with van der Waals surface area (Å²) in [6, 6.07) is 0. The molecule has 2 aromatic heterocycles. The molecule has 0 atom stereocenters. The summed E-state index contributed by atoms with van der Waals surface area (Å²) in [4.78, 5) is 22.0. The number of piperazine rings is 1. The molecule has 0 saturated carbocycles. The summed E-state index contributed by atoms with van der Waals surface area (Å²) in [6.07, 6.45) is 6.97. The number of anilines is 2. The van der Waals surface area contributed by atoms with E-state index in [4.69, 9.17) is 0 Å². The van der Waals surface area contributed by atoms with Crippen LogP contribution in [0.5, 0.6) is 0 Å². The third kappa shape index (κ3) is 2.41. The Bertz CT molecular complexity index is 538. The van der Waals surface area contributed by atoms with E-state index in [0.29, 0.717) is 0 Å². The summed E-state index contributed by atoms with van der Waals surface area (Å²) in [5.74, 6) is 1.98. The maximum Gasteiger partial charge on any atom is 0.150 e. The molecule has 0 aliphatic carbocycles. The van der Waals surface area contributed by atoms with Crippen LogP contribution in [0.15, 0.2) is 24.8 Å². The van der Waals surface area contributed by atoms with Crippen molar-refractivity contribution in [1.82, 2.24) is 19.9 Å². The molecule has 0 radical (unpaired) electrons. The van der Waals surface area contributed by atoms with Gasteiger partial charge < -0.3 is 9.80 Å². The van der Waals surface area contributed by atoms with Crippen LogP contribution >= 0.6 is 0 Å². The molecule has 0 bridgehead atoms. The monoisotopic (exact) mass is 270 g/mol. The van der Waals surface area contributed by atoms with Gasteiger partial charge in [-0.25, -0.2) is 9.97 Å². The van der Waals surface area contributed by atoms with E-state index in [1.807, 2.05) is 13.8 Å². The second-order valence-corrected chi connectivity index (χ2v) is 4.90. The van der Waals surface area contributed by atoms with Crippen molar-refractivity contribution in [1.29, 1.82) is 0 Å². The summed E-state index contributed by atoms with van der Waals surface area (Å²) in [5.41, 5.74) is 1.97. The lowest BCUT2D eigenvalue weighted by Gasteiger charge is -2.36. The molecular weight excluding hydrogens is 252 g/mol. The quantitative estimate of drug-likeness (QED) is 0.817. The number of hydrogen-bond acceptors (Lipinski definition) is 6. The Morgan fingerprint density at radius 1 is 0.650 bits per heavy atom. The largest absolute Gasteiger partial charge is 0.352 e. The van der Waals surface area contributed by atoms with E-state index in [1.165, 1.54) is 0 Å². The first-order valence-electron chi connectivity index (χ1n) is 6.81. The zero-order valence-electron chi connectivity index (χ0n) is 11.8. The molecule has 6 heteroatoms. The van der Waals surface area contributed by atoms with Gasteiger partial charge in [0.2, 0.25) is 0 Å². The Hall–Kier alpha value is -2.24. The Balaban J connectivity index is 1.72. The Labute approximate surface area is 118 Å². The standard InChI is InChI=1S/C14H18N6/c1-11-13(17-5-3-15-11)19-7-9-20(10-8-19)14-12(2)16-4-6-18-14/h3-6H,7-10H2,1-2H3. The van der Waals surface area contributed by atoms with Gasteiger partial charge in [0, 0.05) is 51.0 Å². The predicted octanol–water partition coefficient (Wildman–Crippen LogP) is 1.21. The summed E-state index contributed by atoms with van der Waals surface area (Å²) >= 11 is 0. The SMILES string of the molecule is Cc1nccnc1N1CCN(c2nccnc2C)CC1. The molecule has 1 saturated heterocycles. The normalized spacial score (nSPS) is 15.5. The van der Waals surface area contributed by atoms with E-state index in [0.717, 1.165) is 49.2 Å². The van der Waals surface area contributed by atoms with Gasteiger partial charge in [-0.05, 0) is 13.8 Å². The molecule has 0 aromatic carbocycles. The summed E-state index contributed by atoms with van der Waals surface area (Å²) in [7, 11) is 0. The summed E-state index contributed by atoms with van der Waals surface area (Å²) in [5, 5.41) is 0. The molecule has 0 spiro atoms. The highest BCUT2D eigenvalue weighted by Gasteiger charge is 2.21. The molecule has 1 fully saturated rings. The smallest absolute Gasteiger partial charge is 0.150 e. The number of nitrogens with zero attached hydrogens (tertiary/aromatic N) is 6. The van der Waals surface area contributed by atoms with E-state index in [9.17, 15) is 0 Å². The Morgan fingerprint density at radius 2 is 1.00 bits per heavy atom. The van der Waals surface area contributed by atoms with Crippen LogP contribution in [0.2, 0.25) is 0 Å². The third-order valence-corrected chi connectivity index (χ3v) is 3.59. The molecule has 6 nitrogen and oxygen atoms in total. The van der Waals surface area contributed by atoms with Gasteiger partial charge in [0.25, 0.3) is 0 Å². The minimum absolute atomic E-state index is 0.926. The minimum atomic E-state index is 0.926. The highest BCUT2D eigenvalue weighted by molar-refractivity contribution is 5.48. The fraction of sp³-hybridized carbons (Fsp3) is 0.429. The van der Waals surface area contributed by atoms with Crippen LogP contribution in [-0.2, 0) is 0 Å². The van der Waals surface area contributed by atoms with Gasteiger partial charge in [-0.15, -0.1) is 0 Å². The van der Waals surface area contributed by atoms with Crippen molar-refractivity contribution in [3.05, 3.63) is 36.2 Å². The van der Waals surface area contributed by atoms with E-state index in [-0.39, 0.29) is 0 Å². The van der Waals surface area contributed by atoms with Crippen LogP contribution in [-0.4, -0.2) is 46.1 Å². The molecule has 1 aliphatic rings. The van der Waals surface area contributed by atoms with Gasteiger partial charge in [0.05, 0.1) is 11.4 Å². The van der Waals surface area contributed by atoms with E-state index < -0.39 is 0 Å². The predicted molar refractivity (Wildman–Crippen MR) is 78.0 cm³/mol. The molecule has 3 heterocycles. The van der Waals surface area contributed by atoms with Crippen molar-refractivity contribution in [3.63, 3.8) is 0 Å². The fourth-order valence-electron chi connectivity index (χ4n) is 2.55. The molecule has 2 aromatic rings. The first kappa shape index (κ1) is 12.8. The zero-order valence-corrected chi connectivity index (χ0v) is 11.8.